The van der Waals surface area contributed by atoms with Crippen LogP contribution in [0.1, 0.15) is 55.8 Å². The third kappa shape index (κ3) is 2.50. The number of rotatable bonds is 2. The summed E-state index contributed by atoms with van der Waals surface area (Å²) in [5.74, 6) is 0.735. The standard InChI is InChI=1S/C14H18O2/c1-10(15)11-4-2-5-12(8-11)13-6-3-7-14(16)9-13/h2,4-5,8,10,13,15H,3,6-7,9H2,1H3. The van der Waals surface area contributed by atoms with Crippen molar-refractivity contribution in [3.05, 3.63) is 35.4 Å². The second kappa shape index (κ2) is 4.79. The number of hydrogen-bond donors (Lipinski definition) is 1. The molecule has 2 atom stereocenters. The molecule has 1 aliphatic rings. The Labute approximate surface area is 96.3 Å². The van der Waals surface area contributed by atoms with Crippen LogP contribution < -0.4 is 0 Å². The fourth-order valence-corrected chi connectivity index (χ4v) is 2.38. The average molecular weight is 218 g/mol. The molecule has 1 fully saturated rings. The van der Waals surface area contributed by atoms with Crippen LogP contribution in [0.25, 0.3) is 0 Å². The Morgan fingerprint density at radius 2 is 2.25 bits per heavy atom. The highest BCUT2D eigenvalue weighted by molar-refractivity contribution is 5.80. The van der Waals surface area contributed by atoms with E-state index in [0.29, 0.717) is 18.1 Å². The van der Waals surface area contributed by atoms with E-state index >= 15 is 0 Å². The van der Waals surface area contributed by atoms with Crippen molar-refractivity contribution in [3.63, 3.8) is 0 Å². The van der Waals surface area contributed by atoms with Crippen molar-refractivity contribution >= 4 is 5.78 Å². The zero-order valence-corrected chi connectivity index (χ0v) is 9.65. The quantitative estimate of drug-likeness (QED) is 0.828. The first kappa shape index (κ1) is 11.3. The van der Waals surface area contributed by atoms with Gasteiger partial charge in [-0.05, 0) is 36.8 Å². The largest absolute Gasteiger partial charge is 0.389 e. The Hall–Kier alpha value is -1.15. The van der Waals surface area contributed by atoms with Gasteiger partial charge in [-0.2, -0.15) is 0 Å². The summed E-state index contributed by atoms with van der Waals surface area (Å²) in [4.78, 5) is 11.4. The molecule has 0 saturated heterocycles. The molecule has 0 spiro atoms. The third-order valence-corrected chi connectivity index (χ3v) is 3.35. The van der Waals surface area contributed by atoms with E-state index in [0.717, 1.165) is 24.8 Å². The lowest BCUT2D eigenvalue weighted by atomic mass is 9.83. The molecule has 16 heavy (non-hydrogen) atoms. The lowest BCUT2D eigenvalue weighted by Crippen LogP contribution is -2.13. The fourth-order valence-electron chi connectivity index (χ4n) is 2.38. The maximum absolute atomic E-state index is 11.4. The van der Waals surface area contributed by atoms with Gasteiger partial charge in [0.15, 0.2) is 0 Å². The van der Waals surface area contributed by atoms with Crippen LogP contribution >= 0.6 is 0 Å². The Morgan fingerprint density at radius 3 is 2.94 bits per heavy atom. The molecule has 2 heteroatoms. The number of benzene rings is 1. The maximum Gasteiger partial charge on any atom is 0.133 e. The highest BCUT2D eigenvalue weighted by Gasteiger charge is 2.21. The Kier molecular flexibility index (Phi) is 3.39. The molecule has 0 amide bonds. The van der Waals surface area contributed by atoms with E-state index in [4.69, 9.17) is 0 Å². The molecule has 2 rings (SSSR count). The number of aliphatic hydroxyl groups excluding tert-OH is 1. The minimum atomic E-state index is -0.431. The van der Waals surface area contributed by atoms with Crippen molar-refractivity contribution in [2.75, 3.05) is 0 Å². The monoisotopic (exact) mass is 218 g/mol. The van der Waals surface area contributed by atoms with Gasteiger partial charge in [-0.15, -0.1) is 0 Å². The smallest absolute Gasteiger partial charge is 0.133 e. The molecule has 86 valence electrons. The first-order valence-corrected chi connectivity index (χ1v) is 5.96. The SMILES string of the molecule is CC(O)c1cccc(C2CCCC(=O)C2)c1. The molecule has 0 aromatic heterocycles. The highest BCUT2D eigenvalue weighted by Crippen LogP contribution is 2.31. The summed E-state index contributed by atoms with van der Waals surface area (Å²) in [6.45, 7) is 1.77. The van der Waals surface area contributed by atoms with Gasteiger partial charge in [0.05, 0.1) is 6.10 Å². The lowest BCUT2D eigenvalue weighted by molar-refractivity contribution is -0.120. The van der Waals surface area contributed by atoms with Gasteiger partial charge in [0.1, 0.15) is 5.78 Å². The summed E-state index contributed by atoms with van der Waals surface area (Å²) < 4.78 is 0. The van der Waals surface area contributed by atoms with E-state index in [1.165, 1.54) is 5.56 Å². The van der Waals surface area contributed by atoms with Crippen molar-refractivity contribution < 1.29 is 9.90 Å². The summed E-state index contributed by atoms with van der Waals surface area (Å²) in [5, 5.41) is 9.53. The van der Waals surface area contributed by atoms with Crippen LogP contribution in [-0.2, 0) is 4.79 Å². The Bertz CT molecular complexity index is 382. The van der Waals surface area contributed by atoms with E-state index in [2.05, 4.69) is 6.07 Å². The van der Waals surface area contributed by atoms with Crippen LogP contribution in [-0.4, -0.2) is 10.9 Å². The molecule has 2 unspecified atom stereocenters. The van der Waals surface area contributed by atoms with Crippen LogP contribution in [0.15, 0.2) is 24.3 Å². The van der Waals surface area contributed by atoms with Gasteiger partial charge in [0.2, 0.25) is 0 Å². The second-order valence-corrected chi connectivity index (χ2v) is 4.68. The minimum Gasteiger partial charge on any atom is -0.389 e. The van der Waals surface area contributed by atoms with E-state index < -0.39 is 6.10 Å². The summed E-state index contributed by atoms with van der Waals surface area (Å²) in [6, 6.07) is 8.00. The van der Waals surface area contributed by atoms with Crippen molar-refractivity contribution in [2.24, 2.45) is 0 Å². The van der Waals surface area contributed by atoms with Gasteiger partial charge in [0.25, 0.3) is 0 Å². The van der Waals surface area contributed by atoms with Gasteiger partial charge >= 0.3 is 0 Å². The molecule has 0 heterocycles. The van der Waals surface area contributed by atoms with Crippen LogP contribution in [0, 0.1) is 0 Å². The Balaban J connectivity index is 2.19. The molecule has 2 nitrogen and oxygen atoms in total. The molecule has 1 aromatic rings. The molecule has 0 radical (unpaired) electrons. The van der Waals surface area contributed by atoms with Crippen molar-refractivity contribution in [1.82, 2.24) is 0 Å². The van der Waals surface area contributed by atoms with E-state index in [9.17, 15) is 9.90 Å². The number of aliphatic hydroxyl groups is 1. The summed E-state index contributed by atoms with van der Waals surface area (Å²) in [6.07, 6.45) is 3.08. The molecular formula is C14H18O2. The topological polar surface area (TPSA) is 37.3 Å². The number of Topliss-reactive ketones (excluding diaryl/α,β-unsaturated/α-hetero) is 1. The van der Waals surface area contributed by atoms with Gasteiger partial charge < -0.3 is 5.11 Å². The van der Waals surface area contributed by atoms with Gasteiger partial charge in [-0.1, -0.05) is 24.3 Å². The van der Waals surface area contributed by atoms with Crippen LogP contribution in [0.2, 0.25) is 0 Å². The average Bonchev–Trinajstić information content (AvgIpc) is 2.29. The Morgan fingerprint density at radius 1 is 1.44 bits per heavy atom. The second-order valence-electron chi connectivity index (χ2n) is 4.68. The highest BCUT2D eigenvalue weighted by atomic mass is 16.3. The third-order valence-electron chi connectivity index (χ3n) is 3.35. The van der Waals surface area contributed by atoms with Gasteiger partial charge in [0, 0.05) is 12.8 Å². The predicted molar refractivity (Wildman–Crippen MR) is 63.3 cm³/mol. The molecule has 1 aliphatic carbocycles. The lowest BCUT2D eigenvalue weighted by Gasteiger charge is -2.22. The molecule has 1 N–H and O–H groups in total. The number of carbonyl (C=O) groups is 1. The van der Waals surface area contributed by atoms with Gasteiger partial charge in [-0.25, -0.2) is 0 Å². The zero-order chi connectivity index (χ0) is 11.5. The van der Waals surface area contributed by atoms with E-state index in [-0.39, 0.29) is 0 Å². The first-order chi connectivity index (χ1) is 7.66. The van der Waals surface area contributed by atoms with Gasteiger partial charge in [-0.3, -0.25) is 4.79 Å². The fraction of sp³-hybridized carbons (Fsp3) is 0.500. The normalized spacial score (nSPS) is 23.1. The number of ketones is 1. The summed E-state index contributed by atoms with van der Waals surface area (Å²) in [7, 11) is 0. The number of hydrogen-bond acceptors (Lipinski definition) is 2. The molecule has 0 aliphatic heterocycles. The molecular weight excluding hydrogens is 200 g/mol. The van der Waals surface area contributed by atoms with Crippen LogP contribution in [0.5, 0.6) is 0 Å². The van der Waals surface area contributed by atoms with Crippen molar-refractivity contribution in [1.29, 1.82) is 0 Å². The minimum absolute atomic E-state index is 0.361. The molecule has 1 aromatic carbocycles. The zero-order valence-electron chi connectivity index (χ0n) is 9.65. The van der Waals surface area contributed by atoms with Crippen LogP contribution in [0.3, 0.4) is 0 Å². The predicted octanol–water partition coefficient (Wildman–Crippen LogP) is 2.97. The van der Waals surface area contributed by atoms with E-state index in [1.807, 2.05) is 18.2 Å². The van der Waals surface area contributed by atoms with Crippen molar-refractivity contribution in [2.45, 2.75) is 44.6 Å². The molecule has 0 bridgehead atoms. The molecule has 1 saturated carbocycles. The summed E-state index contributed by atoms with van der Waals surface area (Å²) in [5.41, 5.74) is 2.14. The maximum atomic E-state index is 11.4. The first-order valence-electron chi connectivity index (χ1n) is 5.96. The summed E-state index contributed by atoms with van der Waals surface area (Å²) >= 11 is 0. The van der Waals surface area contributed by atoms with Crippen molar-refractivity contribution in [3.8, 4) is 0 Å². The van der Waals surface area contributed by atoms with E-state index in [1.54, 1.807) is 6.92 Å². The number of carbonyl (C=O) groups excluding carboxylic acids is 1. The van der Waals surface area contributed by atoms with Crippen LogP contribution in [0.4, 0.5) is 0 Å².